The number of hydrogen-bond acceptors (Lipinski definition) is 4. The van der Waals surface area contributed by atoms with E-state index in [4.69, 9.17) is 5.73 Å². The summed E-state index contributed by atoms with van der Waals surface area (Å²) in [5.41, 5.74) is 5.32. The maximum Gasteiger partial charge on any atom is 0.339 e. The lowest BCUT2D eigenvalue weighted by molar-refractivity contribution is -0.136. The van der Waals surface area contributed by atoms with Crippen LogP contribution in [0.5, 0.6) is 0 Å². The second-order valence-corrected chi connectivity index (χ2v) is 3.65. The smallest absolute Gasteiger partial charge is 0.339 e. The Hall–Kier alpha value is -2.70. The van der Waals surface area contributed by atoms with Crippen LogP contribution in [0.1, 0.15) is 11.5 Å². The van der Waals surface area contributed by atoms with Gasteiger partial charge in [-0.15, -0.1) is 0 Å². The van der Waals surface area contributed by atoms with E-state index in [1.54, 1.807) is 30.3 Å². The van der Waals surface area contributed by atoms with Gasteiger partial charge in [-0.05, 0) is 5.56 Å². The fraction of sp³-hybridized carbons (Fsp3) is 0.0909. The molecule has 0 spiro atoms. The number of rotatable bonds is 1. The lowest BCUT2D eigenvalue weighted by Crippen LogP contribution is -2.60. The highest BCUT2D eigenvalue weighted by Gasteiger charge is 2.43. The third-order valence-electron chi connectivity index (χ3n) is 2.52. The van der Waals surface area contributed by atoms with Gasteiger partial charge in [0.05, 0.1) is 0 Å². The Labute approximate surface area is 102 Å². The fourth-order valence-corrected chi connectivity index (χ4v) is 1.72. The van der Waals surface area contributed by atoms with Gasteiger partial charge in [0.2, 0.25) is 5.91 Å². The van der Waals surface area contributed by atoms with Crippen LogP contribution in [0.25, 0.3) is 0 Å². The molecule has 3 N–H and O–H groups in total. The number of amides is 6. The fourth-order valence-electron chi connectivity index (χ4n) is 1.72. The second-order valence-electron chi connectivity index (χ2n) is 3.65. The molecule has 1 fully saturated rings. The SMILES string of the molecule is NC(=O)N1C(=O)NC(=O)C(c2ccccc2)C1=O. The highest BCUT2D eigenvalue weighted by molar-refractivity contribution is 6.25. The molecular weight excluding hydrogens is 238 g/mol. The van der Waals surface area contributed by atoms with Gasteiger partial charge in [0.25, 0.3) is 5.91 Å². The zero-order valence-electron chi connectivity index (χ0n) is 9.12. The minimum absolute atomic E-state index is 0.221. The number of nitrogens with zero attached hydrogens (tertiary/aromatic N) is 1. The van der Waals surface area contributed by atoms with Crippen molar-refractivity contribution >= 4 is 23.9 Å². The van der Waals surface area contributed by atoms with Gasteiger partial charge in [0.1, 0.15) is 5.92 Å². The van der Waals surface area contributed by atoms with E-state index in [1.807, 2.05) is 5.32 Å². The summed E-state index contributed by atoms with van der Waals surface area (Å²) in [6.07, 6.45) is 0. The summed E-state index contributed by atoms with van der Waals surface area (Å²) in [4.78, 5) is 46.1. The largest absolute Gasteiger partial charge is 0.351 e. The van der Waals surface area contributed by atoms with Crippen molar-refractivity contribution in [3.05, 3.63) is 35.9 Å². The molecule has 0 saturated carbocycles. The third kappa shape index (κ3) is 1.81. The highest BCUT2D eigenvalue weighted by atomic mass is 16.2. The average Bonchev–Trinajstić information content (AvgIpc) is 2.28. The Morgan fingerprint density at radius 2 is 1.78 bits per heavy atom. The van der Waals surface area contributed by atoms with E-state index in [0.717, 1.165) is 0 Å². The normalized spacial score (nSPS) is 19.7. The van der Waals surface area contributed by atoms with E-state index >= 15 is 0 Å². The summed E-state index contributed by atoms with van der Waals surface area (Å²) in [6, 6.07) is 5.76. The van der Waals surface area contributed by atoms with Gasteiger partial charge in [-0.3, -0.25) is 14.9 Å². The van der Waals surface area contributed by atoms with Crippen LogP contribution in [0.3, 0.4) is 0 Å². The summed E-state index contributed by atoms with van der Waals surface area (Å²) < 4.78 is 0. The molecule has 1 unspecified atom stereocenters. The van der Waals surface area contributed by atoms with Crippen molar-refractivity contribution in [2.24, 2.45) is 5.73 Å². The van der Waals surface area contributed by atoms with E-state index in [9.17, 15) is 19.2 Å². The van der Waals surface area contributed by atoms with Crippen LogP contribution in [0, 0.1) is 0 Å². The lowest BCUT2D eigenvalue weighted by atomic mass is 9.95. The minimum atomic E-state index is -1.24. The number of urea groups is 2. The molecule has 1 saturated heterocycles. The Kier molecular flexibility index (Phi) is 2.80. The molecule has 0 bridgehead atoms. The molecule has 0 aromatic heterocycles. The van der Waals surface area contributed by atoms with Gasteiger partial charge >= 0.3 is 12.1 Å². The van der Waals surface area contributed by atoms with Crippen molar-refractivity contribution in [2.45, 2.75) is 5.92 Å². The molecule has 7 heteroatoms. The number of nitrogens with one attached hydrogen (secondary N) is 1. The van der Waals surface area contributed by atoms with Crippen molar-refractivity contribution in [3.8, 4) is 0 Å². The molecular formula is C11H9N3O4. The van der Waals surface area contributed by atoms with E-state index < -0.39 is 29.8 Å². The first-order valence-electron chi connectivity index (χ1n) is 5.05. The zero-order chi connectivity index (χ0) is 13.3. The second kappa shape index (κ2) is 4.28. The number of imide groups is 4. The summed E-state index contributed by atoms with van der Waals surface area (Å²) in [5.74, 6) is -2.95. The van der Waals surface area contributed by atoms with Crippen LogP contribution in [0.15, 0.2) is 30.3 Å². The lowest BCUT2D eigenvalue weighted by Gasteiger charge is -2.27. The molecule has 0 aliphatic carbocycles. The van der Waals surface area contributed by atoms with E-state index in [2.05, 4.69) is 0 Å². The maximum absolute atomic E-state index is 11.9. The first-order valence-corrected chi connectivity index (χ1v) is 5.05. The first-order chi connectivity index (χ1) is 8.52. The first kappa shape index (κ1) is 11.8. The van der Waals surface area contributed by atoms with Crippen molar-refractivity contribution in [3.63, 3.8) is 0 Å². The zero-order valence-corrected chi connectivity index (χ0v) is 9.12. The molecule has 2 rings (SSSR count). The van der Waals surface area contributed by atoms with Crippen LogP contribution >= 0.6 is 0 Å². The number of barbiturate groups is 1. The van der Waals surface area contributed by atoms with Gasteiger partial charge in [0.15, 0.2) is 0 Å². The molecule has 1 aliphatic heterocycles. The standard InChI is InChI=1S/C11H9N3O4/c12-10(17)14-9(16)7(8(15)13-11(14)18)6-4-2-1-3-5-6/h1-5,7H,(H2,12,17)(H,13,15,18). The van der Waals surface area contributed by atoms with Crippen LogP contribution in [0.2, 0.25) is 0 Å². The molecule has 7 nitrogen and oxygen atoms in total. The van der Waals surface area contributed by atoms with Gasteiger partial charge < -0.3 is 5.73 Å². The summed E-state index contributed by atoms with van der Waals surface area (Å²) >= 11 is 0. The predicted molar refractivity (Wildman–Crippen MR) is 59.2 cm³/mol. The molecule has 1 heterocycles. The van der Waals surface area contributed by atoms with Crippen LogP contribution in [-0.2, 0) is 9.59 Å². The van der Waals surface area contributed by atoms with Crippen LogP contribution in [0.4, 0.5) is 9.59 Å². The number of carbonyl (C=O) groups is 4. The van der Waals surface area contributed by atoms with Crippen molar-refractivity contribution < 1.29 is 19.2 Å². The molecule has 1 aliphatic rings. The van der Waals surface area contributed by atoms with Gasteiger partial charge in [0, 0.05) is 0 Å². The average molecular weight is 247 g/mol. The number of hydrogen-bond donors (Lipinski definition) is 2. The molecule has 0 radical (unpaired) electrons. The molecule has 18 heavy (non-hydrogen) atoms. The number of benzene rings is 1. The molecule has 1 aromatic rings. The quantitative estimate of drug-likeness (QED) is 0.676. The molecule has 92 valence electrons. The van der Waals surface area contributed by atoms with E-state index in [0.29, 0.717) is 5.56 Å². The molecule has 6 amide bonds. The van der Waals surface area contributed by atoms with E-state index in [1.165, 1.54) is 0 Å². The maximum atomic E-state index is 11.9. The summed E-state index contributed by atoms with van der Waals surface area (Å²) in [7, 11) is 0. The van der Waals surface area contributed by atoms with Gasteiger partial charge in [-0.1, -0.05) is 30.3 Å². The highest BCUT2D eigenvalue weighted by Crippen LogP contribution is 2.22. The summed E-state index contributed by atoms with van der Waals surface area (Å²) in [5, 5.41) is 1.92. The van der Waals surface area contributed by atoms with Gasteiger partial charge in [-0.25, -0.2) is 9.59 Å². The predicted octanol–water partition coefficient (Wildman–Crippen LogP) is -0.0727. The Bertz CT molecular complexity index is 540. The minimum Gasteiger partial charge on any atom is -0.351 e. The number of primary amides is 1. The Balaban J connectivity index is 2.42. The third-order valence-corrected chi connectivity index (χ3v) is 2.52. The Morgan fingerprint density at radius 3 is 2.33 bits per heavy atom. The number of nitrogens with two attached hydrogens (primary N) is 1. The van der Waals surface area contributed by atoms with Crippen molar-refractivity contribution in [2.75, 3.05) is 0 Å². The molecule has 1 atom stereocenters. The van der Waals surface area contributed by atoms with Gasteiger partial charge in [-0.2, -0.15) is 4.90 Å². The number of carbonyl (C=O) groups excluding carboxylic acids is 4. The Morgan fingerprint density at radius 1 is 1.17 bits per heavy atom. The van der Waals surface area contributed by atoms with Crippen molar-refractivity contribution in [1.82, 2.24) is 10.2 Å². The topological polar surface area (TPSA) is 110 Å². The monoisotopic (exact) mass is 247 g/mol. The molecule has 1 aromatic carbocycles. The van der Waals surface area contributed by atoms with Crippen LogP contribution in [-0.4, -0.2) is 28.8 Å². The summed E-state index contributed by atoms with van der Waals surface area (Å²) in [6.45, 7) is 0. The van der Waals surface area contributed by atoms with Crippen molar-refractivity contribution in [1.29, 1.82) is 0 Å². The van der Waals surface area contributed by atoms with Crippen LogP contribution < -0.4 is 11.1 Å². The van der Waals surface area contributed by atoms with E-state index in [-0.39, 0.29) is 4.90 Å².